The van der Waals surface area contributed by atoms with Gasteiger partial charge < -0.3 is 14.6 Å². The highest BCUT2D eigenvalue weighted by Crippen LogP contribution is 2.43. The predicted molar refractivity (Wildman–Crippen MR) is 124 cm³/mol. The summed E-state index contributed by atoms with van der Waals surface area (Å²) in [5.74, 6) is 2.07. The van der Waals surface area contributed by atoms with E-state index in [1.807, 2.05) is 6.07 Å². The van der Waals surface area contributed by atoms with Crippen LogP contribution < -0.4 is 16.0 Å². The van der Waals surface area contributed by atoms with Gasteiger partial charge in [-0.25, -0.2) is 14.8 Å². The number of rotatable bonds is 4. The number of aromatic amines is 1. The fourth-order valence-electron chi connectivity index (χ4n) is 5.46. The quantitative estimate of drug-likeness (QED) is 0.514. The fourth-order valence-corrected chi connectivity index (χ4v) is 6.47. The molecule has 1 N–H and O–H groups in total. The smallest absolute Gasteiger partial charge is 0.328 e. The maximum Gasteiger partial charge on any atom is 0.328 e. The van der Waals surface area contributed by atoms with Gasteiger partial charge in [-0.15, -0.1) is 11.3 Å². The molecule has 2 aliphatic rings. The number of likely N-dealkylation sites (tertiary alicyclic amines) is 1. The van der Waals surface area contributed by atoms with Crippen molar-refractivity contribution in [2.45, 2.75) is 25.3 Å². The molecule has 4 aromatic rings. The number of benzene rings is 1. The van der Waals surface area contributed by atoms with Gasteiger partial charge in [0.15, 0.2) is 0 Å². The SMILES string of the molecule is COc1cccc2c1CC[C@H]1CN(CCn3c(=O)[nH]c4c(sc5ncncc54)c3=O)C[C@@H]21. The van der Waals surface area contributed by atoms with Crippen LogP contribution in [0.2, 0.25) is 0 Å². The van der Waals surface area contributed by atoms with Crippen LogP contribution in [0, 0.1) is 5.92 Å². The highest BCUT2D eigenvalue weighted by Gasteiger charge is 2.38. The average molecular weight is 450 g/mol. The van der Waals surface area contributed by atoms with Crippen molar-refractivity contribution in [1.29, 1.82) is 0 Å². The standard InChI is InChI=1S/C23H23N5O3S/c1-31-18-4-2-3-14-15(18)6-5-13-10-27(11-17(13)14)7-8-28-22(29)20-19(26-23(28)30)16-9-24-12-25-21(16)32-20/h2-4,9,12-13,17H,5-8,10-11H2,1H3,(H,26,30)/t13-,17+/m0/s1. The van der Waals surface area contributed by atoms with E-state index in [4.69, 9.17) is 4.74 Å². The monoisotopic (exact) mass is 449 g/mol. The lowest BCUT2D eigenvalue weighted by molar-refractivity contribution is 0.303. The molecule has 8 nitrogen and oxygen atoms in total. The Morgan fingerprint density at radius 1 is 1.25 bits per heavy atom. The molecule has 1 aromatic carbocycles. The number of aromatic nitrogens is 4. The molecule has 3 aromatic heterocycles. The van der Waals surface area contributed by atoms with Crippen LogP contribution in [-0.2, 0) is 13.0 Å². The molecule has 1 saturated heterocycles. The van der Waals surface area contributed by atoms with Gasteiger partial charge in [0, 0.05) is 38.3 Å². The lowest BCUT2D eigenvalue weighted by Gasteiger charge is -2.28. The molecule has 0 saturated carbocycles. The molecule has 0 amide bonds. The van der Waals surface area contributed by atoms with Crippen molar-refractivity contribution in [3.8, 4) is 5.75 Å². The van der Waals surface area contributed by atoms with Crippen molar-refractivity contribution in [2.75, 3.05) is 26.7 Å². The molecule has 0 spiro atoms. The van der Waals surface area contributed by atoms with Gasteiger partial charge >= 0.3 is 5.69 Å². The summed E-state index contributed by atoms with van der Waals surface area (Å²) in [4.78, 5) is 40.0. The molecule has 0 radical (unpaired) electrons. The lowest BCUT2D eigenvalue weighted by Crippen LogP contribution is -2.38. The van der Waals surface area contributed by atoms with Gasteiger partial charge in [0.05, 0.1) is 18.0 Å². The predicted octanol–water partition coefficient (Wildman–Crippen LogP) is 2.36. The van der Waals surface area contributed by atoms with E-state index in [9.17, 15) is 9.59 Å². The van der Waals surface area contributed by atoms with Crippen LogP contribution >= 0.6 is 11.3 Å². The number of methoxy groups -OCH3 is 1. The topological polar surface area (TPSA) is 93.1 Å². The van der Waals surface area contributed by atoms with Crippen molar-refractivity contribution in [3.63, 3.8) is 0 Å². The number of hydrogen-bond acceptors (Lipinski definition) is 7. The largest absolute Gasteiger partial charge is 0.496 e. The molecule has 9 heteroatoms. The van der Waals surface area contributed by atoms with Crippen LogP contribution in [0.4, 0.5) is 0 Å². The van der Waals surface area contributed by atoms with Crippen LogP contribution in [0.25, 0.3) is 20.4 Å². The fraction of sp³-hybridized carbons (Fsp3) is 0.391. The van der Waals surface area contributed by atoms with E-state index in [0.717, 1.165) is 31.7 Å². The molecule has 0 bridgehead atoms. The van der Waals surface area contributed by atoms with E-state index < -0.39 is 0 Å². The Hall–Kier alpha value is -3.04. The summed E-state index contributed by atoms with van der Waals surface area (Å²) < 4.78 is 7.43. The van der Waals surface area contributed by atoms with Crippen molar-refractivity contribution in [2.24, 2.45) is 5.92 Å². The second-order valence-corrected chi connectivity index (χ2v) is 9.63. The molecular weight excluding hydrogens is 426 g/mol. The Morgan fingerprint density at radius 2 is 2.16 bits per heavy atom. The van der Waals surface area contributed by atoms with Gasteiger partial charge in [-0.05, 0) is 36.0 Å². The van der Waals surface area contributed by atoms with E-state index >= 15 is 0 Å². The first-order valence-electron chi connectivity index (χ1n) is 10.9. The van der Waals surface area contributed by atoms with Crippen molar-refractivity contribution >= 4 is 31.8 Å². The Balaban J connectivity index is 1.25. The van der Waals surface area contributed by atoms with Crippen LogP contribution in [0.15, 0.2) is 40.3 Å². The van der Waals surface area contributed by atoms with Gasteiger partial charge in [0.25, 0.3) is 5.56 Å². The van der Waals surface area contributed by atoms with Crippen molar-refractivity contribution < 1.29 is 4.74 Å². The third-order valence-electron chi connectivity index (χ3n) is 7.00. The highest BCUT2D eigenvalue weighted by atomic mass is 32.1. The Labute approximate surface area is 187 Å². The Bertz CT molecular complexity index is 1460. The van der Waals surface area contributed by atoms with Gasteiger partial charge in [0.2, 0.25) is 0 Å². The van der Waals surface area contributed by atoms with Crippen molar-refractivity contribution in [1.82, 2.24) is 24.4 Å². The minimum Gasteiger partial charge on any atom is -0.496 e. The number of ether oxygens (including phenoxy) is 1. The Kier molecular flexibility index (Phi) is 4.62. The number of H-pyrrole nitrogens is 1. The number of nitrogens with one attached hydrogen (secondary N) is 1. The maximum absolute atomic E-state index is 13.1. The molecule has 2 atom stereocenters. The molecule has 4 heterocycles. The summed E-state index contributed by atoms with van der Waals surface area (Å²) in [7, 11) is 1.73. The number of thiophene rings is 1. The molecule has 32 heavy (non-hydrogen) atoms. The first-order valence-corrected chi connectivity index (χ1v) is 11.7. The normalized spacial score (nSPS) is 20.5. The van der Waals surface area contributed by atoms with E-state index in [0.29, 0.717) is 45.4 Å². The zero-order valence-corrected chi connectivity index (χ0v) is 18.5. The summed E-state index contributed by atoms with van der Waals surface area (Å²) in [6.45, 7) is 2.98. The number of fused-ring (bicyclic) bond motifs is 6. The number of nitrogens with zero attached hydrogens (tertiary/aromatic N) is 4. The number of hydrogen-bond donors (Lipinski definition) is 1. The molecular formula is C23H23N5O3S. The summed E-state index contributed by atoms with van der Waals surface area (Å²) >= 11 is 1.30. The summed E-state index contributed by atoms with van der Waals surface area (Å²) in [6, 6.07) is 6.35. The lowest BCUT2D eigenvalue weighted by atomic mass is 9.77. The summed E-state index contributed by atoms with van der Waals surface area (Å²) in [5, 5.41) is 0.714. The molecule has 1 aliphatic carbocycles. The summed E-state index contributed by atoms with van der Waals surface area (Å²) in [5.41, 5.74) is 2.64. The maximum atomic E-state index is 13.1. The molecule has 6 rings (SSSR count). The third kappa shape index (κ3) is 2.99. The highest BCUT2D eigenvalue weighted by molar-refractivity contribution is 7.25. The van der Waals surface area contributed by atoms with Crippen LogP contribution in [0.3, 0.4) is 0 Å². The zero-order valence-electron chi connectivity index (χ0n) is 17.7. The van der Waals surface area contributed by atoms with Gasteiger partial charge in [-0.1, -0.05) is 12.1 Å². The van der Waals surface area contributed by atoms with E-state index in [-0.39, 0.29) is 11.2 Å². The minimum atomic E-state index is -0.377. The van der Waals surface area contributed by atoms with E-state index in [2.05, 4.69) is 32.0 Å². The third-order valence-corrected chi connectivity index (χ3v) is 8.10. The van der Waals surface area contributed by atoms with Crippen LogP contribution in [0.1, 0.15) is 23.5 Å². The van der Waals surface area contributed by atoms with E-state index in [1.54, 1.807) is 13.3 Å². The summed E-state index contributed by atoms with van der Waals surface area (Å²) in [6.07, 6.45) is 5.28. The first kappa shape index (κ1) is 19.6. The molecule has 1 aliphatic heterocycles. The second kappa shape index (κ2) is 7.53. The van der Waals surface area contributed by atoms with Crippen molar-refractivity contribution in [3.05, 3.63) is 62.7 Å². The van der Waals surface area contributed by atoms with Gasteiger partial charge in [-0.3, -0.25) is 9.36 Å². The van der Waals surface area contributed by atoms with Crippen LogP contribution in [0.5, 0.6) is 5.75 Å². The second-order valence-electron chi connectivity index (χ2n) is 8.63. The van der Waals surface area contributed by atoms with Crippen LogP contribution in [-0.4, -0.2) is 51.2 Å². The van der Waals surface area contributed by atoms with Gasteiger partial charge in [0.1, 0.15) is 21.6 Å². The molecule has 0 unspecified atom stereocenters. The molecule has 1 fully saturated rings. The van der Waals surface area contributed by atoms with E-state index in [1.165, 1.54) is 33.4 Å². The zero-order chi connectivity index (χ0) is 21.8. The first-order chi connectivity index (χ1) is 15.6. The minimum absolute atomic E-state index is 0.251. The van der Waals surface area contributed by atoms with Gasteiger partial charge in [-0.2, -0.15) is 0 Å². The average Bonchev–Trinajstić information content (AvgIpc) is 3.40. The molecule has 164 valence electrons. The Morgan fingerprint density at radius 3 is 3.03 bits per heavy atom.